The van der Waals surface area contributed by atoms with Crippen LogP contribution in [0.3, 0.4) is 0 Å². The van der Waals surface area contributed by atoms with E-state index in [1.54, 1.807) is 0 Å². The van der Waals surface area contributed by atoms with E-state index in [4.69, 9.17) is 0 Å². The highest BCUT2D eigenvalue weighted by Gasteiger charge is 2.16. The summed E-state index contributed by atoms with van der Waals surface area (Å²) in [6, 6.07) is 12.3. The fraction of sp³-hybridized carbons (Fsp3) is 0.571. The van der Waals surface area contributed by atoms with Gasteiger partial charge in [-0.1, -0.05) is 36.8 Å². The number of nitrogens with one attached hydrogen (secondary N) is 1. The lowest BCUT2D eigenvalue weighted by Gasteiger charge is -2.28. The van der Waals surface area contributed by atoms with Crippen molar-refractivity contribution >= 4 is 0 Å². The molecule has 0 unspecified atom stereocenters. The van der Waals surface area contributed by atoms with Crippen molar-refractivity contribution < 1.29 is 0 Å². The molecule has 1 nitrogen and oxygen atoms in total. The monoisotopic (exact) mass is 203 g/mol. The van der Waals surface area contributed by atoms with Gasteiger partial charge in [0, 0.05) is 12.1 Å². The number of aryl methyl sites for hydroxylation is 1. The van der Waals surface area contributed by atoms with Crippen LogP contribution in [0.25, 0.3) is 0 Å². The Morgan fingerprint density at radius 2 is 2.00 bits per heavy atom. The zero-order chi connectivity index (χ0) is 10.5. The Morgan fingerprint density at radius 1 is 1.20 bits per heavy atom. The summed E-state index contributed by atoms with van der Waals surface area (Å²) in [5.41, 5.74) is 1.47. The van der Waals surface area contributed by atoms with Crippen LogP contribution in [-0.4, -0.2) is 12.1 Å². The SMILES string of the molecule is C[C@@H]1CCC[C@@H](CCc2ccccc2)N1. The number of piperidine rings is 1. The Kier molecular flexibility index (Phi) is 3.79. The minimum Gasteiger partial charge on any atom is -0.311 e. The minimum absolute atomic E-state index is 0.722. The molecule has 2 atom stereocenters. The molecular weight excluding hydrogens is 182 g/mol. The summed E-state index contributed by atoms with van der Waals surface area (Å²) >= 11 is 0. The summed E-state index contributed by atoms with van der Waals surface area (Å²) in [5, 5.41) is 3.69. The van der Waals surface area contributed by atoms with Gasteiger partial charge in [0.1, 0.15) is 0 Å². The van der Waals surface area contributed by atoms with Crippen LogP contribution in [0.1, 0.15) is 38.2 Å². The fourth-order valence-corrected chi connectivity index (χ4v) is 2.45. The van der Waals surface area contributed by atoms with Crippen molar-refractivity contribution in [1.82, 2.24) is 5.32 Å². The second-order valence-electron chi connectivity index (χ2n) is 4.72. The molecule has 1 N–H and O–H groups in total. The van der Waals surface area contributed by atoms with E-state index in [2.05, 4.69) is 42.6 Å². The highest BCUT2D eigenvalue weighted by atomic mass is 15.0. The Hall–Kier alpha value is -0.820. The van der Waals surface area contributed by atoms with E-state index in [-0.39, 0.29) is 0 Å². The fourth-order valence-electron chi connectivity index (χ4n) is 2.45. The molecule has 1 aromatic rings. The Labute approximate surface area is 92.9 Å². The second kappa shape index (κ2) is 5.32. The molecule has 82 valence electrons. The zero-order valence-electron chi connectivity index (χ0n) is 9.58. The van der Waals surface area contributed by atoms with Gasteiger partial charge in [0.2, 0.25) is 0 Å². The topological polar surface area (TPSA) is 12.0 Å². The maximum atomic E-state index is 3.69. The van der Waals surface area contributed by atoms with Gasteiger partial charge in [-0.3, -0.25) is 0 Å². The van der Waals surface area contributed by atoms with Crippen LogP contribution < -0.4 is 5.32 Å². The average Bonchev–Trinajstić information content (AvgIpc) is 2.28. The first kappa shape index (κ1) is 10.7. The van der Waals surface area contributed by atoms with Crippen molar-refractivity contribution in [2.24, 2.45) is 0 Å². The third-order valence-corrected chi connectivity index (χ3v) is 3.33. The largest absolute Gasteiger partial charge is 0.311 e. The Bertz CT molecular complexity index is 281. The predicted molar refractivity (Wildman–Crippen MR) is 65.0 cm³/mol. The molecule has 15 heavy (non-hydrogen) atoms. The summed E-state index contributed by atoms with van der Waals surface area (Å²) in [4.78, 5) is 0. The van der Waals surface area contributed by atoms with Gasteiger partial charge >= 0.3 is 0 Å². The van der Waals surface area contributed by atoms with E-state index >= 15 is 0 Å². The van der Waals surface area contributed by atoms with Gasteiger partial charge < -0.3 is 5.32 Å². The number of benzene rings is 1. The van der Waals surface area contributed by atoms with Gasteiger partial charge in [0.15, 0.2) is 0 Å². The molecule has 1 heterocycles. The van der Waals surface area contributed by atoms with Crippen molar-refractivity contribution in [3.8, 4) is 0 Å². The van der Waals surface area contributed by atoms with E-state index < -0.39 is 0 Å². The molecule has 1 aliphatic heterocycles. The van der Waals surface area contributed by atoms with Crippen molar-refractivity contribution in [3.63, 3.8) is 0 Å². The molecule has 0 spiro atoms. The Balaban J connectivity index is 1.78. The molecule has 1 fully saturated rings. The van der Waals surface area contributed by atoms with Crippen molar-refractivity contribution in [2.45, 2.75) is 51.1 Å². The van der Waals surface area contributed by atoms with Gasteiger partial charge in [-0.15, -0.1) is 0 Å². The Morgan fingerprint density at radius 3 is 2.73 bits per heavy atom. The maximum absolute atomic E-state index is 3.69. The van der Waals surface area contributed by atoms with Crippen LogP contribution >= 0.6 is 0 Å². The average molecular weight is 203 g/mol. The molecule has 0 bridgehead atoms. The van der Waals surface area contributed by atoms with Gasteiger partial charge in [-0.05, 0) is 38.2 Å². The molecule has 2 rings (SSSR count). The standard InChI is InChI=1S/C14H21N/c1-12-6-5-9-14(15-12)11-10-13-7-3-2-4-8-13/h2-4,7-8,12,14-15H,5-6,9-11H2,1H3/t12-,14+/m1/s1. The highest BCUT2D eigenvalue weighted by Crippen LogP contribution is 2.16. The number of rotatable bonds is 3. The molecule has 1 aromatic carbocycles. The predicted octanol–water partition coefficient (Wildman–Crippen LogP) is 3.15. The van der Waals surface area contributed by atoms with Crippen LogP contribution in [0.4, 0.5) is 0 Å². The summed E-state index contributed by atoms with van der Waals surface area (Å²) < 4.78 is 0. The first-order chi connectivity index (χ1) is 7.34. The van der Waals surface area contributed by atoms with Crippen LogP contribution in [0.5, 0.6) is 0 Å². The normalized spacial score (nSPS) is 26.5. The lowest BCUT2D eigenvalue weighted by atomic mass is 9.95. The summed E-state index contributed by atoms with van der Waals surface area (Å²) in [6.45, 7) is 2.30. The molecule has 1 heteroatoms. The molecular formula is C14H21N. The van der Waals surface area contributed by atoms with Crippen molar-refractivity contribution in [3.05, 3.63) is 35.9 Å². The molecule has 0 radical (unpaired) electrons. The van der Waals surface area contributed by atoms with Gasteiger partial charge in [-0.2, -0.15) is 0 Å². The molecule has 1 aliphatic rings. The molecule has 1 saturated heterocycles. The molecule has 0 saturated carbocycles. The minimum atomic E-state index is 0.722. The third kappa shape index (κ3) is 3.35. The van der Waals surface area contributed by atoms with Crippen LogP contribution in [0, 0.1) is 0 Å². The van der Waals surface area contributed by atoms with Crippen LogP contribution in [0.15, 0.2) is 30.3 Å². The van der Waals surface area contributed by atoms with E-state index in [9.17, 15) is 0 Å². The summed E-state index contributed by atoms with van der Waals surface area (Å²) in [5.74, 6) is 0. The van der Waals surface area contributed by atoms with Crippen molar-refractivity contribution in [1.29, 1.82) is 0 Å². The summed E-state index contributed by atoms with van der Waals surface area (Å²) in [7, 11) is 0. The lowest BCUT2D eigenvalue weighted by molar-refractivity contribution is 0.322. The number of hydrogen-bond donors (Lipinski definition) is 1. The quantitative estimate of drug-likeness (QED) is 0.795. The smallest absolute Gasteiger partial charge is 0.00727 e. The van der Waals surface area contributed by atoms with E-state index in [1.807, 2.05) is 0 Å². The van der Waals surface area contributed by atoms with Gasteiger partial charge in [-0.25, -0.2) is 0 Å². The maximum Gasteiger partial charge on any atom is 0.00727 e. The number of hydrogen-bond acceptors (Lipinski definition) is 1. The second-order valence-corrected chi connectivity index (χ2v) is 4.72. The summed E-state index contributed by atoms with van der Waals surface area (Å²) in [6.07, 6.45) is 6.60. The first-order valence-electron chi connectivity index (χ1n) is 6.14. The highest BCUT2D eigenvalue weighted by molar-refractivity contribution is 5.14. The first-order valence-corrected chi connectivity index (χ1v) is 6.14. The van der Waals surface area contributed by atoms with E-state index in [0.717, 1.165) is 12.1 Å². The lowest BCUT2D eigenvalue weighted by Crippen LogP contribution is -2.40. The van der Waals surface area contributed by atoms with Gasteiger partial charge in [0.05, 0.1) is 0 Å². The van der Waals surface area contributed by atoms with E-state index in [1.165, 1.54) is 37.7 Å². The van der Waals surface area contributed by atoms with Crippen LogP contribution in [-0.2, 0) is 6.42 Å². The molecule has 0 aromatic heterocycles. The van der Waals surface area contributed by atoms with Crippen molar-refractivity contribution in [2.75, 3.05) is 0 Å². The van der Waals surface area contributed by atoms with Gasteiger partial charge in [0.25, 0.3) is 0 Å². The van der Waals surface area contributed by atoms with E-state index in [0.29, 0.717) is 0 Å². The molecule has 0 aliphatic carbocycles. The third-order valence-electron chi connectivity index (χ3n) is 3.33. The zero-order valence-corrected chi connectivity index (χ0v) is 9.58. The molecule has 0 amide bonds. The van der Waals surface area contributed by atoms with Crippen LogP contribution in [0.2, 0.25) is 0 Å².